The second kappa shape index (κ2) is 8.53. The van der Waals surface area contributed by atoms with Crippen molar-refractivity contribution in [2.24, 2.45) is 0 Å². The maximum Gasteiger partial charge on any atom is 0.273 e. The van der Waals surface area contributed by atoms with Gasteiger partial charge in [0.25, 0.3) is 17.5 Å². The number of carbonyl (C=O) groups excluding carboxylic acids is 2. The monoisotopic (exact) mass is 374 g/mol. The van der Waals surface area contributed by atoms with Crippen molar-refractivity contribution in [2.45, 2.75) is 0 Å². The molecule has 0 atom stereocenters. The van der Waals surface area contributed by atoms with Gasteiger partial charge >= 0.3 is 0 Å². The van der Waals surface area contributed by atoms with Crippen LogP contribution in [-0.2, 0) is 0 Å². The summed E-state index contributed by atoms with van der Waals surface area (Å²) in [5.74, 6) is -0.800. The van der Waals surface area contributed by atoms with Gasteiger partial charge < -0.3 is 4.74 Å². The SMILES string of the molecule is COc1ccccc1C(=O)NNC(=S)NC(=O)c1cccc([N+](=O)[O-])c1. The molecule has 0 bridgehead atoms. The van der Waals surface area contributed by atoms with Crippen LogP contribution < -0.4 is 20.9 Å². The molecule has 0 aliphatic carbocycles. The molecule has 0 saturated carbocycles. The van der Waals surface area contributed by atoms with Crippen molar-refractivity contribution >= 4 is 34.8 Å². The minimum absolute atomic E-state index is 0.0550. The Kier molecular flexibility index (Phi) is 6.17. The maximum atomic E-state index is 12.1. The highest BCUT2D eigenvalue weighted by molar-refractivity contribution is 7.80. The standard InChI is InChI=1S/C16H14N4O5S/c1-25-13-8-3-2-7-12(13)15(22)18-19-16(26)17-14(21)10-5-4-6-11(9-10)20(23)24/h2-9H,1H3,(H,18,22)(H2,17,19,21,26). The number of nitrogens with zero attached hydrogens (tertiary/aromatic N) is 1. The van der Waals surface area contributed by atoms with E-state index in [4.69, 9.17) is 17.0 Å². The van der Waals surface area contributed by atoms with E-state index < -0.39 is 16.7 Å². The van der Waals surface area contributed by atoms with Crippen molar-refractivity contribution in [3.8, 4) is 5.75 Å². The van der Waals surface area contributed by atoms with E-state index in [2.05, 4.69) is 16.2 Å². The summed E-state index contributed by atoms with van der Waals surface area (Å²) in [4.78, 5) is 34.3. The molecular weight excluding hydrogens is 360 g/mol. The molecule has 2 aromatic carbocycles. The normalized spacial score (nSPS) is 9.73. The minimum Gasteiger partial charge on any atom is -0.496 e. The van der Waals surface area contributed by atoms with Gasteiger partial charge in [-0.3, -0.25) is 35.9 Å². The molecule has 2 rings (SSSR count). The number of non-ortho nitro benzene ring substituents is 1. The van der Waals surface area contributed by atoms with E-state index in [1.165, 1.54) is 25.3 Å². The molecule has 9 nitrogen and oxygen atoms in total. The van der Waals surface area contributed by atoms with Gasteiger partial charge in [-0.15, -0.1) is 0 Å². The largest absolute Gasteiger partial charge is 0.496 e. The zero-order valence-electron chi connectivity index (χ0n) is 13.5. The molecule has 134 valence electrons. The zero-order chi connectivity index (χ0) is 19.1. The highest BCUT2D eigenvalue weighted by Gasteiger charge is 2.14. The molecule has 2 amide bonds. The van der Waals surface area contributed by atoms with E-state index in [1.807, 2.05) is 0 Å². The van der Waals surface area contributed by atoms with Crippen LogP contribution in [-0.4, -0.2) is 29.0 Å². The van der Waals surface area contributed by atoms with Gasteiger partial charge in [0.05, 0.1) is 17.6 Å². The quantitative estimate of drug-likeness (QED) is 0.421. The van der Waals surface area contributed by atoms with Crippen LogP contribution in [0.5, 0.6) is 5.75 Å². The van der Waals surface area contributed by atoms with Gasteiger partial charge in [-0.2, -0.15) is 0 Å². The summed E-state index contributed by atoms with van der Waals surface area (Å²) in [6, 6.07) is 11.7. The minimum atomic E-state index is -0.655. The number of rotatable bonds is 4. The Morgan fingerprint density at radius 1 is 1.08 bits per heavy atom. The Hall–Kier alpha value is -3.53. The van der Waals surface area contributed by atoms with Gasteiger partial charge in [0, 0.05) is 17.7 Å². The Morgan fingerprint density at radius 3 is 2.50 bits per heavy atom. The first-order valence-corrected chi connectivity index (χ1v) is 7.62. The lowest BCUT2D eigenvalue weighted by Gasteiger charge is -2.12. The highest BCUT2D eigenvalue weighted by atomic mass is 32.1. The van der Waals surface area contributed by atoms with Gasteiger partial charge in [-0.1, -0.05) is 18.2 Å². The average molecular weight is 374 g/mol. The van der Waals surface area contributed by atoms with Crippen molar-refractivity contribution in [1.29, 1.82) is 0 Å². The van der Waals surface area contributed by atoms with E-state index >= 15 is 0 Å². The lowest BCUT2D eigenvalue weighted by Crippen LogP contribution is -2.48. The van der Waals surface area contributed by atoms with E-state index in [9.17, 15) is 19.7 Å². The third-order valence-corrected chi connectivity index (χ3v) is 3.39. The van der Waals surface area contributed by atoms with Crippen molar-refractivity contribution in [1.82, 2.24) is 16.2 Å². The third-order valence-electron chi connectivity index (χ3n) is 3.19. The predicted octanol–water partition coefficient (Wildman–Crippen LogP) is 1.55. The third kappa shape index (κ3) is 4.74. The number of nitro benzene ring substituents is 1. The number of carbonyl (C=O) groups is 2. The molecule has 0 fully saturated rings. The molecule has 0 aliphatic rings. The van der Waals surface area contributed by atoms with Gasteiger partial charge in [0.1, 0.15) is 5.75 Å². The van der Waals surface area contributed by atoms with E-state index in [1.54, 1.807) is 24.3 Å². The Morgan fingerprint density at radius 2 is 1.81 bits per heavy atom. The number of hydrazine groups is 1. The number of hydrogen-bond acceptors (Lipinski definition) is 6. The molecule has 2 aromatic rings. The number of amides is 2. The number of hydrogen-bond donors (Lipinski definition) is 3. The Balaban J connectivity index is 1.94. The lowest BCUT2D eigenvalue weighted by molar-refractivity contribution is -0.384. The van der Waals surface area contributed by atoms with E-state index in [-0.39, 0.29) is 21.9 Å². The molecule has 26 heavy (non-hydrogen) atoms. The second-order valence-corrected chi connectivity index (χ2v) is 5.28. The maximum absolute atomic E-state index is 12.1. The van der Waals surface area contributed by atoms with Crippen LogP contribution in [0.2, 0.25) is 0 Å². The summed E-state index contributed by atoms with van der Waals surface area (Å²) >= 11 is 4.92. The highest BCUT2D eigenvalue weighted by Crippen LogP contribution is 2.16. The number of benzene rings is 2. The van der Waals surface area contributed by atoms with Crippen LogP contribution in [0.3, 0.4) is 0 Å². The second-order valence-electron chi connectivity index (χ2n) is 4.87. The zero-order valence-corrected chi connectivity index (χ0v) is 14.3. The molecule has 0 heterocycles. The lowest BCUT2D eigenvalue weighted by atomic mass is 10.2. The first kappa shape index (κ1) is 18.8. The van der Waals surface area contributed by atoms with Crippen molar-refractivity contribution < 1.29 is 19.2 Å². The number of methoxy groups -OCH3 is 1. The summed E-state index contributed by atoms with van der Waals surface area (Å²) in [5.41, 5.74) is 4.81. The molecule has 0 aliphatic heterocycles. The number of thiocarbonyl (C=S) groups is 1. The molecule has 0 aromatic heterocycles. The number of para-hydroxylation sites is 1. The topological polar surface area (TPSA) is 123 Å². The van der Waals surface area contributed by atoms with Crippen LogP contribution >= 0.6 is 12.2 Å². The summed E-state index contributed by atoms with van der Waals surface area (Å²) in [6.45, 7) is 0. The summed E-state index contributed by atoms with van der Waals surface area (Å²) < 4.78 is 5.08. The smallest absolute Gasteiger partial charge is 0.273 e. The number of nitro groups is 1. The van der Waals surface area contributed by atoms with E-state index in [0.29, 0.717) is 5.75 Å². The predicted molar refractivity (Wildman–Crippen MR) is 96.8 cm³/mol. The number of nitrogens with one attached hydrogen (secondary N) is 3. The van der Waals surface area contributed by atoms with Gasteiger partial charge in [-0.25, -0.2) is 0 Å². The molecular formula is C16H14N4O5S. The average Bonchev–Trinajstić information content (AvgIpc) is 2.66. The summed E-state index contributed by atoms with van der Waals surface area (Å²) in [6.07, 6.45) is 0. The van der Waals surface area contributed by atoms with Gasteiger partial charge in [0.15, 0.2) is 5.11 Å². The van der Waals surface area contributed by atoms with Gasteiger partial charge in [0.2, 0.25) is 0 Å². The van der Waals surface area contributed by atoms with Crippen LogP contribution in [0.25, 0.3) is 0 Å². The van der Waals surface area contributed by atoms with Crippen molar-refractivity contribution in [2.75, 3.05) is 7.11 Å². The summed E-state index contributed by atoms with van der Waals surface area (Å²) in [7, 11) is 1.43. The fraction of sp³-hybridized carbons (Fsp3) is 0.0625. The van der Waals surface area contributed by atoms with Crippen LogP contribution in [0.4, 0.5) is 5.69 Å². The molecule has 0 radical (unpaired) electrons. The summed E-state index contributed by atoms with van der Waals surface area (Å²) in [5, 5.41) is 12.9. The van der Waals surface area contributed by atoms with E-state index in [0.717, 1.165) is 6.07 Å². The molecule has 0 saturated heterocycles. The van der Waals surface area contributed by atoms with Crippen molar-refractivity contribution in [3.63, 3.8) is 0 Å². The fourth-order valence-corrected chi connectivity index (χ4v) is 2.12. The van der Waals surface area contributed by atoms with Crippen LogP contribution in [0.1, 0.15) is 20.7 Å². The van der Waals surface area contributed by atoms with Crippen LogP contribution in [0, 0.1) is 10.1 Å². The Labute approximate surface area is 153 Å². The molecule has 3 N–H and O–H groups in total. The van der Waals surface area contributed by atoms with Crippen molar-refractivity contribution in [3.05, 3.63) is 69.8 Å². The first-order valence-electron chi connectivity index (χ1n) is 7.21. The fourth-order valence-electron chi connectivity index (χ4n) is 1.98. The van der Waals surface area contributed by atoms with Crippen LogP contribution in [0.15, 0.2) is 48.5 Å². The Bertz CT molecular complexity index is 871. The number of ether oxygens (including phenoxy) is 1. The van der Waals surface area contributed by atoms with Gasteiger partial charge in [-0.05, 0) is 30.4 Å². The first-order chi connectivity index (χ1) is 12.4. The molecule has 10 heteroatoms. The molecule has 0 spiro atoms. The molecule has 0 unspecified atom stereocenters.